The predicted molar refractivity (Wildman–Crippen MR) is 57.4 cm³/mol. The van der Waals surface area contributed by atoms with Gasteiger partial charge in [-0.05, 0) is 6.42 Å². The lowest BCUT2D eigenvalue weighted by Gasteiger charge is -2.29. The quantitative estimate of drug-likeness (QED) is 0.369. The zero-order valence-corrected chi connectivity index (χ0v) is 9.71. The molecule has 0 fully saturated rings. The minimum Gasteiger partial charge on any atom is -0.345 e. The van der Waals surface area contributed by atoms with E-state index in [1.807, 2.05) is 21.1 Å². The van der Waals surface area contributed by atoms with Gasteiger partial charge in [0.1, 0.15) is 0 Å². The molecule has 2 heteroatoms. The van der Waals surface area contributed by atoms with Crippen LogP contribution in [-0.2, 0) is 0 Å². The van der Waals surface area contributed by atoms with E-state index in [0.717, 1.165) is 12.8 Å². The van der Waals surface area contributed by atoms with Crippen LogP contribution in [0.4, 0.5) is 0 Å². The molecule has 0 aliphatic rings. The second-order valence-electron chi connectivity index (χ2n) is 4.80. The normalized spacial score (nSPS) is 14.5. The van der Waals surface area contributed by atoms with Gasteiger partial charge >= 0.3 is 0 Å². The molecule has 1 N–H and O–H groups in total. The Hall–Kier alpha value is -0.0800. The SMILES string of the molecule is CCCCCCCC(O)[N+](C)(C)C. The molecular formula is C11H26NO+. The van der Waals surface area contributed by atoms with Crippen molar-refractivity contribution in [3.63, 3.8) is 0 Å². The van der Waals surface area contributed by atoms with Gasteiger partial charge in [-0.2, -0.15) is 0 Å². The first-order valence-corrected chi connectivity index (χ1v) is 5.47. The van der Waals surface area contributed by atoms with Gasteiger partial charge in [-0.1, -0.05) is 32.6 Å². The molecule has 0 aromatic heterocycles. The maximum absolute atomic E-state index is 9.71. The van der Waals surface area contributed by atoms with Crippen molar-refractivity contribution in [2.75, 3.05) is 21.1 Å². The van der Waals surface area contributed by atoms with Gasteiger partial charge in [0.25, 0.3) is 0 Å². The van der Waals surface area contributed by atoms with Crippen LogP contribution in [0.5, 0.6) is 0 Å². The van der Waals surface area contributed by atoms with E-state index in [9.17, 15) is 5.11 Å². The highest BCUT2D eigenvalue weighted by atomic mass is 16.3. The Morgan fingerprint density at radius 2 is 1.54 bits per heavy atom. The van der Waals surface area contributed by atoms with Crippen LogP contribution >= 0.6 is 0 Å². The second-order valence-corrected chi connectivity index (χ2v) is 4.80. The number of nitrogens with zero attached hydrogens (tertiary/aromatic N) is 1. The van der Waals surface area contributed by atoms with Crippen molar-refractivity contribution in [2.24, 2.45) is 0 Å². The zero-order chi connectivity index (χ0) is 10.3. The molecule has 1 atom stereocenters. The first-order chi connectivity index (χ1) is 5.98. The Kier molecular flexibility index (Phi) is 6.35. The summed E-state index contributed by atoms with van der Waals surface area (Å²) >= 11 is 0. The standard InChI is InChI=1S/C11H26NO/c1-5-6-7-8-9-10-11(13)12(2,3)4/h11,13H,5-10H2,1-4H3/q+1. The van der Waals surface area contributed by atoms with E-state index >= 15 is 0 Å². The van der Waals surface area contributed by atoms with Crippen molar-refractivity contribution in [1.82, 2.24) is 0 Å². The number of hydrogen-bond donors (Lipinski definition) is 1. The molecule has 80 valence electrons. The molecule has 0 aliphatic carbocycles. The predicted octanol–water partition coefficient (Wildman–Crippen LogP) is 2.37. The monoisotopic (exact) mass is 188 g/mol. The number of rotatable bonds is 7. The molecule has 13 heavy (non-hydrogen) atoms. The van der Waals surface area contributed by atoms with Crippen molar-refractivity contribution < 1.29 is 9.59 Å². The molecule has 0 aromatic carbocycles. The molecule has 0 aromatic rings. The Morgan fingerprint density at radius 3 is 2.00 bits per heavy atom. The third-order valence-electron chi connectivity index (χ3n) is 2.46. The lowest BCUT2D eigenvalue weighted by atomic mass is 10.1. The summed E-state index contributed by atoms with van der Waals surface area (Å²) in [6.45, 7) is 2.22. The Morgan fingerprint density at radius 1 is 1.00 bits per heavy atom. The molecule has 0 bridgehead atoms. The van der Waals surface area contributed by atoms with Crippen LogP contribution in [0.3, 0.4) is 0 Å². The van der Waals surface area contributed by atoms with Gasteiger partial charge in [-0.25, -0.2) is 0 Å². The fourth-order valence-corrected chi connectivity index (χ4v) is 1.32. The molecule has 0 amide bonds. The Bertz CT molecular complexity index is 118. The fourth-order valence-electron chi connectivity index (χ4n) is 1.32. The van der Waals surface area contributed by atoms with Gasteiger partial charge in [-0.15, -0.1) is 0 Å². The second kappa shape index (κ2) is 6.39. The molecule has 0 radical (unpaired) electrons. The van der Waals surface area contributed by atoms with Crippen molar-refractivity contribution >= 4 is 0 Å². The summed E-state index contributed by atoms with van der Waals surface area (Å²) in [5.74, 6) is 0. The molecule has 1 unspecified atom stereocenters. The minimum atomic E-state index is -0.193. The van der Waals surface area contributed by atoms with Crippen LogP contribution in [-0.4, -0.2) is 37.0 Å². The van der Waals surface area contributed by atoms with E-state index in [4.69, 9.17) is 0 Å². The lowest BCUT2D eigenvalue weighted by molar-refractivity contribution is -0.919. The number of quaternary nitrogens is 1. The maximum atomic E-state index is 9.71. The van der Waals surface area contributed by atoms with Crippen molar-refractivity contribution in [1.29, 1.82) is 0 Å². The average molecular weight is 188 g/mol. The summed E-state index contributed by atoms with van der Waals surface area (Å²) in [6, 6.07) is 0. The number of unbranched alkanes of at least 4 members (excludes halogenated alkanes) is 4. The van der Waals surface area contributed by atoms with Gasteiger partial charge in [-0.3, -0.25) is 0 Å². The van der Waals surface area contributed by atoms with Gasteiger partial charge in [0.2, 0.25) is 0 Å². The summed E-state index contributed by atoms with van der Waals surface area (Å²) in [5, 5.41) is 9.71. The van der Waals surface area contributed by atoms with Gasteiger partial charge in [0, 0.05) is 6.42 Å². The van der Waals surface area contributed by atoms with Crippen molar-refractivity contribution in [3.05, 3.63) is 0 Å². The largest absolute Gasteiger partial charge is 0.345 e. The first-order valence-electron chi connectivity index (χ1n) is 5.47. The Balaban J connectivity index is 3.32. The minimum absolute atomic E-state index is 0.193. The van der Waals surface area contributed by atoms with E-state index < -0.39 is 0 Å². The van der Waals surface area contributed by atoms with E-state index in [1.54, 1.807) is 0 Å². The molecule has 0 spiro atoms. The maximum Gasteiger partial charge on any atom is 0.189 e. The number of aliphatic hydroxyl groups is 1. The third kappa shape index (κ3) is 7.03. The highest BCUT2D eigenvalue weighted by molar-refractivity contribution is 4.46. The fraction of sp³-hybridized carbons (Fsp3) is 1.00. The molecule has 0 saturated carbocycles. The van der Waals surface area contributed by atoms with Crippen LogP contribution in [0.25, 0.3) is 0 Å². The highest BCUT2D eigenvalue weighted by Gasteiger charge is 2.18. The summed E-state index contributed by atoms with van der Waals surface area (Å²) < 4.78 is 0.660. The smallest absolute Gasteiger partial charge is 0.189 e. The Labute approximate surface area is 83.2 Å². The molecule has 2 nitrogen and oxygen atoms in total. The van der Waals surface area contributed by atoms with Crippen LogP contribution in [0.2, 0.25) is 0 Å². The summed E-state index contributed by atoms with van der Waals surface area (Å²) in [5.41, 5.74) is 0. The van der Waals surface area contributed by atoms with E-state index in [1.165, 1.54) is 25.7 Å². The van der Waals surface area contributed by atoms with E-state index in [2.05, 4.69) is 6.92 Å². The molecule has 0 heterocycles. The molecule has 0 rings (SSSR count). The van der Waals surface area contributed by atoms with Crippen LogP contribution in [0, 0.1) is 0 Å². The van der Waals surface area contributed by atoms with E-state index in [-0.39, 0.29) is 6.23 Å². The third-order valence-corrected chi connectivity index (χ3v) is 2.46. The van der Waals surface area contributed by atoms with Gasteiger partial charge in [0.05, 0.1) is 21.1 Å². The average Bonchev–Trinajstić information content (AvgIpc) is 2.02. The van der Waals surface area contributed by atoms with Crippen molar-refractivity contribution in [2.45, 2.75) is 51.7 Å². The van der Waals surface area contributed by atoms with Gasteiger partial charge < -0.3 is 9.59 Å². The summed E-state index contributed by atoms with van der Waals surface area (Å²) in [6.07, 6.45) is 7.12. The number of aliphatic hydroxyl groups excluding tert-OH is 1. The number of hydrogen-bond acceptors (Lipinski definition) is 1. The van der Waals surface area contributed by atoms with Crippen LogP contribution in [0.1, 0.15) is 45.4 Å². The molecule has 0 saturated heterocycles. The summed E-state index contributed by atoms with van der Waals surface area (Å²) in [4.78, 5) is 0. The van der Waals surface area contributed by atoms with Crippen molar-refractivity contribution in [3.8, 4) is 0 Å². The first kappa shape index (κ1) is 12.9. The molecule has 0 aliphatic heterocycles. The zero-order valence-electron chi connectivity index (χ0n) is 9.71. The molecular weight excluding hydrogens is 162 g/mol. The summed E-state index contributed by atoms with van der Waals surface area (Å²) in [7, 11) is 6.12. The van der Waals surface area contributed by atoms with Crippen LogP contribution in [0.15, 0.2) is 0 Å². The topological polar surface area (TPSA) is 20.2 Å². The van der Waals surface area contributed by atoms with Crippen LogP contribution < -0.4 is 0 Å². The highest BCUT2D eigenvalue weighted by Crippen LogP contribution is 2.11. The van der Waals surface area contributed by atoms with Gasteiger partial charge in [0.15, 0.2) is 6.23 Å². The van der Waals surface area contributed by atoms with E-state index in [0.29, 0.717) is 4.48 Å². The lowest BCUT2D eigenvalue weighted by Crippen LogP contribution is -2.44.